The standard InChI is InChI=1S/C17H22BrN3O3/c1-17(2,3)24-16(23)20-7-8-21-12-6-5-11(18)9-13(12)19(4)15(22)14(21)10-20/h5-6,9,14H,7-8,10H2,1-4H3/t14-/m1/s1. The van der Waals surface area contributed by atoms with Gasteiger partial charge in [0.05, 0.1) is 17.9 Å². The molecule has 2 heterocycles. The molecule has 1 saturated heterocycles. The van der Waals surface area contributed by atoms with Crippen LogP contribution in [0, 0.1) is 0 Å². The summed E-state index contributed by atoms with van der Waals surface area (Å²) >= 11 is 3.46. The normalized spacial score (nSPS) is 20.6. The number of hydrogen-bond donors (Lipinski definition) is 0. The first kappa shape index (κ1) is 17.1. The van der Waals surface area contributed by atoms with E-state index in [-0.39, 0.29) is 18.0 Å². The van der Waals surface area contributed by atoms with E-state index in [1.54, 1.807) is 16.8 Å². The number of anilines is 2. The van der Waals surface area contributed by atoms with Gasteiger partial charge in [0, 0.05) is 24.6 Å². The molecular formula is C17H22BrN3O3. The minimum absolute atomic E-state index is 0.00569. The van der Waals surface area contributed by atoms with Gasteiger partial charge < -0.3 is 19.4 Å². The highest BCUT2D eigenvalue weighted by atomic mass is 79.9. The zero-order valence-corrected chi connectivity index (χ0v) is 16.0. The van der Waals surface area contributed by atoms with Crippen molar-refractivity contribution in [3.8, 4) is 0 Å². The van der Waals surface area contributed by atoms with Gasteiger partial charge in [0.15, 0.2) is 0 Å². The first-order valence-corrected chi connectivity index (χ1v) is 8.78. The maximum Gasteiger partial charge on any atom is 0.410 e. The fourth-order valence-corrected chi connectivity index (χ4v) is 3.47. The van der Waals surface area contributed by atoms with E-state index in [9.17, 15) is 9.59 Å². The Labute approximate surface area is 150 Å². The minimum atomic E-state index is -0.541. The molecule has 0 unspecified atom stereocenters. The molecule has 0 aromatic heterocycles. The third kappa shape index (κ3) is 3.09. The van der Waals surface area contributed by atoms with Crippen LogP contribution in [0.2, 0.25) is 0 Å². The number of hydrogen-bond acceptors (Lipinski definition) is 4. The molecule has 1 aromatic carbocycles. The second kappa shape index (κ2) is 5.95. The molecule has 2 aliphatic rings. The van der Waals surface area contributed by atoms with Crippen LogP contribution < -0.4 is 9.80 Å². The van der Waals surface area contributed by atoms with Gasteiger partial charge in [0.25, 0.3) is 5.91 Å². The Hall–Kier alpha value is -1.76. The fraction of sp³-hybridized carbons (Fsp3) is 0.529. The number of fused-ring (bicyclic) bond motifs is 3. The van der Waals surface area contributed by atoms with Crippen LogP contribution in [0.25, 0.3) is 0 Å². The number of rotatable bonds is 0. The van der Waals surface area contributed by atoms with Gasteiger partial charge in [-0.15, -0.1) is 0 Å². The van der Waals surface area contributed by atoms with Gasteiger partial charge in [-0.05, 0) is 39.0 Å². The maximum absolute atomic E-state index is 12.8. The Balaban J connectivity index is 1.84. The molecule has 2 amide bonds. The van der Waals surface area contributed by atoms with Gasteiger partial charge in [-0.25, -0.2) is 4.79 Å². The molecule has 0 radical (unpaired) electrons. The predicted octanol–water partition coefficient (Wildman–Crippen LogP) is 2.85. The van der Waals surface area contributed by atoms with Crippen molar-refractivity contribution < 1.29 is 14.3 Å². The summed E-state index contributed by atoms with van der Waals surface area (Å²) in [6, 6.07) is 5.56. The summed E-state index contributed by atoms with van der Waals surface area (Å²) in [6.45, 7) is 7.02. The quantitative estimate of drug-likeness (QED) is 0.677. The van der Waals surface area contributed by atoms with Gasteiger partial charge in [-0.3, -0.25) is 4.79 Å². The average molecular weight is 396 g/mol. The van der Waals surface area contributed by atoms with Crippen molar-refractivity contribution in [1.29, 1.82) is 0 Å². The summed E-state index contributed by atoms with van der Waals surface area (Å²) in [5.74, 6) is -0.00569. The van der Waals surface area contributed by atoms with Gasteiger partial charge in [-0.2, -0.15) is 0 Å². The Morgan fingerprint density at radius 1 is 1.25 bits per heavy atom. The molecular weight excluding hydrogens is 374 g/mol. The summed E-state index contributed by atoms with van der Waals surface area (Å²) in [5, 5.41) is 0. The molecule has 130 valence electrons. The molecule has 1 aromatic rings. The third-order valence-electron chi connectivity index (χ3n) is 4.26. The summed E-state index contributed by atoms with van der Waals surface area (Å²) in [6.07, 6.45) is -0.362. The van der Waals surface area contributed by atoms with E-state index in [4.69, 9.17) is 4.74 Å². The molecule has 1 fully saturated rings. The van der Waals surface area contributed by atoms with E-state index >= 15 is 0 Å². The summed E-state index contributed by atoms with van der Waals surface area (Å²) in [4.78, 5) is 30.5. The molecule has 3 rings (SSSR count). The molecule has 7 heteroatoms. The van der Waals surface area contributed by atoms with Crippen molar-refractivity contribution in [2.45, 2.75) is 32.4 Å². The van der Waals surface area contributed by atoms with Crippen molar-refractivity contribution in [2.75, 3.05) is 36.5 Å². The highest BCUT2D eigenvalue weighted by Crippen LogP contribution is 2.38. The summed E-state index contributed by atoms with van der Waals surface area (Å²) in [5.41, 5.74) is 1.37. The van der Waals surface area contributed by atoms with E-state index in [0.29, 0.717) is 19.6 Å². The Morgan fingerprint density at radius 2 is 1.96 bits per heavy atom. The van der Waals surface area contributed by atoms with Gasteiger partial charge in [0.2, 0.25) is 0 Å². The molecule has 0 bridgehead atoms. The molecule has 0 aliphatic carbocycles. The Kier molecular flexibility index (Phi) is 4.23. The topological polar surface area (TPSA) is 53.1 Å². The van der Waals surface area contributed by atoms with E-state index < -0.39 is 5.60 Å². The van der Waals surface area contributed by atoms with Gasteiger partial charge >= 0.3 is 6.09 Å². The predicted molar refractivity (Wildman–Crippen MR) is 96.5 cm³/mol. The Morgan fingerprint density at radius 3 is 2.62 bits per heavy atom. The second-order valence-corrected chi connectivity index (χ2v) is 8.08. The van der Waals surface area contributed by atoms with Gasteiger partial charge in [-0.1, -0.05) is 15.9 Å². The smallest absolute Gasteiger partial charge is 0.410 e. The molecule has 0 spiro atoms. The first-order chi connectivity index (χ1) is 11.2. The third-order valence-corrected chi connectivity index (χ3v) is 4.75. The van der Waals surface area contributed by atoms with Crippen molar-refractivity contribution in [2.24, 2.45) is 0 Å². The number of halogens is 1. The van der Waals surface area contributed by atoms with Crippen molar-refractivity contribution >= 4 is 39.3 Å². The fourth-order valence-electron chi connectivity index (χ4n) is 3.13. The molecule has 0 N–H and O–H groups in total. The molecule has 2 aliphatic heterocycles. The second-order valence-electron chi connectivity index (χ2n) is 7.17. The molecule has 0 saturated carbocycles. The maximum atomic E-state index is 12.8. The number of carbonyl (C=O) groups is 2. The van der Waals surface area contributed by atoms with Crippen LogP contribution >= 0.6 is 15.9 Å². The highest BCUT2D eigenvalue weighted by molar-refractivity contribution is 9.10. The van der Waals surface area contributed by atoms with Crippen molar-refractivity contribution in [1.82, 2.24) is 4.90 Å². The van der Waals surface area contributed by atoms with Crippen molar-refractivity contribution in [3.63, 3.8) is 0 Å². The lowest BCUT2D eigenvalue weighted by atomic mass is 10.0. The van der Waals surface area contributed by atoms with E-state index in [1.165, 1.54) is 0 Å². The molecule has 24 heavy (non-hydrogen) atoms. The number of nitrogens with zero attached hydrogens (tertiary/aromatic N) is 3. The van der Waals surface area contributed by atoms with Gasteiger partial charge in [0.1, 0.15) is 11.6 Å². The number of amides is 2. The van der Waals surface area contributed by atoms with Crippen molar-refractivity contribution in [3.05, 3.63) is 22.7 Å². The lowest BCUT2D eigenvalue weighted by Gasteiger charge is -2.47. The number of carbonyl (C=O) groups excluding carboxylic acids is 2. The molecule has 1 atom stereocenters. The number of benzene rings is 1. The lowest BCUT2D eigenvalue weighted by Crippen LogP contribution is -2.63. The zero-order valence-electron chi connectivity index (χ0n) is 14.4. The van der Waals surface area contributed by atoms with Crippen LogP contribution in [0.4, 0.5) is 16.2 Å². The largest absolute Gasteiger partial charge is 0.444 e. The molecule has 6 nitrogen and oxygen atoms in total. The number of ether oxygens (including phenoxy) is 1. The summed E-state index contributed by atoms with van der Waals surface area (Å²) < 4.78 is 6.38. The SMILES string of the molecule is CN1C(=O)[C@H]2CN(C(=O)OC(C)(C)C)CCN2c2ccc(Br)cc21. The zero-order chi connectivity index (χ0) is 17.6. The van der Waals surface area contributed by atoms with E-state index in [1.807, 2.05) is 39.0 Å². The highest BCUT2D eigenvalue weighted by Gasteiger charge is 2.42. The van der Waals surface area contributed by atoms with Crippen LogP contribution in [0.5, 0.6) is 0 Å². The van der Waals surface area contributed by atoms with E-state index in [0.717, 1.165) is 15.8 Å². The average Bonchev–Trinajstić information content (AvgIpc) is 2.50. The van der Waals surface area contributed by atoms with E-state index in [2.05, 4.69) is 20.8 Å². The Bertz CT molecular complexity index is 686. The van der Waals surface area contributed by atoms with Crippen LogP contribution in [-0.2, 0) is 9.53 Å². The van der Waals surface area contributed by atoms with Crippen LogP contribution in [-0.4, -0.2) is 55.2 Å². The van der Waals surface area contributed by atoms with Crippen LogP contribution in [0.15, 0.2) is 22.7 Å². The first-order valence-electron chi connectivity index (χ1n) is 7.99. The number of piperazine rings is 1. The lowest BCUT2D eigenvalue weighted by molar-refractivity contribution is -0.120. The minimum Gasteiger partial charge on any atom is -0.444 e. The van der Waals surface area contributed by atoms with Crippen LogP contribution in [0.1, 0.15) is 20.8 Å². The summed E-state index contributed by atoms with van der Waals surface area (Å²) in [7, 11) is 1.78. The number of likely N-dealkylation sites (N-methyl/N-ethyl adjacent to an activating group) is 1. The van der Waals surface area contributed by atoms with Crippen LogP contribution in [0.3, 0.4) is 0 Å². The monoisotopic (exact) mass is 395 g/mol.